The van der Waals surface area contributed by atoms with Crippen LogP contribution in [0.5, 0.6) is 11.5 Å². The third-order valence-electron chi connectivity index (χ3n) is 3.90. The molecule has 2 heterocycles. The molecule has 1 N–H and O–H groups in total. The summed E-state index contributed by atoms with van der Waals surface area (Å²) in [5, 5.41) is 3.75. The number of nitrogens with zero attached hydrogens (tertiary/aromatic N) is 2. The highest BCUT2D eigenvalue weighted by molar-refractivity contribution is 6.06. The fourth-order valence-electron chi connectivity index (χ4n) is 2.67. The van der Waals surface area contributed by atoms with Gasteiger partial charge in [0.1, 0.15) is 17.3 Å². The highest BCUT2D eigenvalue weighted by Gasteiger charge is 2.14. The van der Waals surface area contributed by atoms with Crippen LogP contribution in [0.4, 0.5) is 5.82 Å². The molecular weight excluding hydrogens is 318 g/mol. The zero-order valence-corrected chi connectivity index (χ0v) is 14.6. The summed E-state index contributed by atoms with van der Waals surface area (Å²) in [6.07, 6.45) is 0. The predicted octanol–water partition coefficient (Wildman–Crippen LogP) is 3.52. The lowest BCUT2D eigenvalue weighted by Gasteiger charge is -2.11. The van der Waals surface area contributed by atoms with Crippen LogP contribution < -0.4 is 14.8 Å². The van der Waals surface area contributed by atoms with Gasteiger partial charge >= 0.3 is 0 Å². The molecule has 6 nitrogen and oxygen atoms in total. The van der Waals surface area contributed by atoms with E-state index in [0.29, 0.717) is 28.5 Å². The number of fused-ring (bicyclic) bond motifs is 1. The quantitative estimate of drug-likeness (QED) is 0.788. The molecule has 3 rings (SSSR count). The molecular formula is C19H19N3O3. The minimum Gasteiger partial charge on any atom is -0.497 e. The molecule has 6 heteroatoms. The van der Waals surface area contributed by atoms with Gasteiger partial charge in [0.05, 0.1) is 19.8 Å². The van der Waals surface area contributed by atoms with Crippen molar-refractivity contribution >= 4 is 22.8 Å². The third-order valence-corrected chi connectivity index (χ3v) is 3.90. The molecule has 128 valence electrons. The first-order valence-electron chi connectivity index (χ1n) is 7.80. The van der Waals surface area contributed by atoms with Gasteiger partial charge in [-0.3, -0.25) is 4.79 Å². The number of hydrogen-bond donors (Lipinski definition) is 1. The monoisotopic (exact) mass is 337 g/mol. The Hall–Kier alpha value is -3.15. The number of benzene rings is 1. The van der Waals surface area contributed by atoms with Crippen LogP contribution in [0.3, 0.4) is 0 Å². The van der Waals surface area contributed by atoms with Gasteiger partial charge in [0.15, 0.2) is 5.65 Å². The summed E-state index contributed by atoms with van der Waals surface area (Å²) in [6.45, 7) is 3.93. The molecule has 0 bridgehead atoms. The molecule has 0 atom stereocenters. The van der Waals surface area contributed by atoms with Gasteiger partial charge in [-0.05, 0) is 49.7 Å². The molecule has 0 aliphatic heterocycles. The molecule has 0 spiro atoms. The standard InChI is InChI=1S/C19H19N3O3/c1-11-9-12(2)20-18-14(11)7-8-17(21-18)22-19(23)15-6-5-13(24-3)10-16(15)25-4/h5-10H,1-4H3,(H,20,21,22,23). The molecule has 0 fully saturated rings. The van der Waals surface area contributed by atoms with Crippen LogP contribution in [0.25, 0.3) is 11.0 Å². The zero-order chi connectivity index (χ0) is 18.0. The Morgan fingerprint density at radius 2 is 1.80 bits per heavy atom. The van der Waals surface area contributed by atoms with Crippen molar-refractivity contribution in [2.24, 2.45) is 0 Å². The molecule has 1 amide bonds. The number of aromatic nitrogens is 2. The summed E-state index contributed by atoms with van der Waals surface area (Å²) < 4.78 is 10.4. The van der Waals surface area contributed by atoms with Crippen molar-refractivity contribution in [1.82, 2.24) is 9.97 Å². The van der Waals surface area contributed by atoms with E-state index in [-0.39, 0.29) is 5.91 Å². The molecule has 0 radical (unpaired) electrons. The highest BCUT2D eigenvalue weighted by atomic mass is 16.5. The molecule has 2 aromatic heterocycles. The summed E-state index contributed by atoms with van der Waals surface area (Å²) in [5.74, 6) is 1.18. The van der Waals surface area contributed by atoms with E-state index in [9.17, 15) is 4.79 Å². The number of nitrogens with one attached hydrogen (secondary N) is 1. The van der Waals surface area contributed by atoms with Crippen molar-refractivity contribution in [3.8, 4) is 11.5 Å². The minimum atomic E-state index is -0.310. The van der Waals surface area contributed by atoms with Gasteiger partial charge in [-0.2, -0.15) is 0 Å². The van der Waals surface area contributed by atoms with Crippen molar-refractivity contribution in [1.29, 1.82) is 0 Å². The summed E-state index contributed by atoms with van der Waals surface area (Å²) in [4.78, 5) is 21.4. The highest BCUT2D eigenvalue weighted by Crippen LogP contribution is 2.25. The molecule has 25 heavy (non-hydrogen) atoms. The summed E-state index contributed by atoms with van der Waals surface area (Å²) in [7, 11) is 3.07. The van der Waals surface area contributed by atoms with E-state index in [2.05, 4.69) is 15.3 Å². The Balaban J connectivity index is 1.92. The van der Waals surface area contributed by atoms with Crippen molar-refractivity contribution in [3.05, 3.63) is 53.2 Å². The van der Waals surface area contributed by atoms with Crippen molar-refractivity contribution < 1.29 is 14.3 Å². The van der Waals surface area contributed by atoms with Crippen LogP contribution in [-0.4, -0.2) is 30.1 Å². The van der Waals surface area contributed by atoms with Gasteiger partial charge in [-0.25, -0.2) is 9.97 Å². The first kappa shape index (κ1) is 16.7. The average Bonchev–Trinajstić information content (AvgIpc) is 2.60. The van der Waals surface area contributed by atoms with E-state index in [0.717, 1.165) is 16.6 Å². The van der Waals surface area contributed by atoms with Gasteiger partial charge in [0, 0.05) is 17.1 Å². The molecule has 3 aromatic rings. The van der Waals surface area contributed by atoms with Gasteiger partial charge in [-0.15, -0.1) is 0 Å². The lowest BCUT2D eigenvalue weighted by atomic mass is 10.1. The van der Waals surface area contributed by atoms with Crippen molar-refractivity contribution in [3.63, 3.8) is 0 Å². The van der Waals surface area contributed by atoms with Gasteiger partial charge < -0.3 is 14.8 Å². The Morgan fingerprint density at radius 1 is 1.00 bits per heavy atom. The van der Waals surface area contributed by atoms with E-state index < -0.39 is 0 Å². The summed E-state index contributed by atoms with van der Waals surface area (Å²) in [6, 6.07) is 10.7. The van der Waals surface area contributed by atoms with Crippen LogP contribution in [0, 0.1) is 13.8 Å². The average molecular weight is 337 g/mol. The Labute approximate surface area is 145 Å². The largest absolute Gasteiger partial charge is 0.497 e. The van der Waals surface area contributed by atoms with Gasteiger partial charge in [0.25, 0.3) is 5.91 Å². The number of aryl methyl sites for hydroxylation is 2. The Kier molecular flexibility index (Phi) is 4.52. The molecule has 0 unspecified atom stereocenters. The zero-order valence-electron chi connectivity index (χ0n) is 14.6. The van der Waals surface area contributed by atoms with Gasteiger partial charge in [0.2, 0.25) is 0 Å². The maximum Gasteiger partial charge on any atom is 0.260 e. The normalized spacial score (nSPS) is 10.6. The van der Waals surface area contributed by atoms with E-state index in [4.69, 9.17) is 9.47 Å². The van der Waals surface area contributed by atoms with E-state index in [1.807, 2.05) is 26.0 Å². The smallest absolute Gasteiger partial charge is 0.260 e. The maximum atomic E-state index is 12.6. The number of pyridine rings is 2. The van der Waals surface area contributed by atoms with Gasteiger partial charge in [-0.1, -0.05) is 0 Å². The van der Waals surface area contributed by atoms with Crippen molar-refractivity contribution in [2.75, 3.05) is 19.5 Å². The van der Waals surface area contributed by atoms with E-state index in [1.54, 1.807) is 31.4 Å². The minimum absolute atomic E-state index is 0.310. The lowest BCUT2D eigenvalue weighted by molar-refractivity contribution is 0.102. The van der Waals surface area contributed by atoms with Crippen LogP contribution in [0.2, 0.25) is 0 Å². The van der Waals surface area contributed by atoms with E-state index >= 15 is 0 Å². The summed E-state index contributed by atoms with van der Waals surface area (Å²) >= 11 is 0. The fourth-order valence-corrected chi connectivity index (χ4v) is 2.67. The van der Waals surface area contributed by atoms with Crippen LogP contribution in [-0.2, 0) is 0 Å². The topological polar surface area (TPSA) is 73.3 Å². The second-order valence-electron chi connectivity index (χ2n) is 5.67. The van der Waals surface area contributed by atoms with Crippen LogP contribution in [0.1, 0.15) is 21.6 Å². The molecule has 0 saturated heterocycles. The van der Waals surface area contributed by atoms with E-state index in [1.165, 1.54) is 7.11 Å². The number of carbonyl (C=O) groups is 1. The van der Waals surface area contributed by atoms with Crippen LogP contribution in [0.15, 0.2) is 36.4 Å². The third kappa shape index (κ3) is 3.38. The Morgan fingerprint density at radius 3 is 2.52 bits per heavy atom. The lowest BCUT2D eigenvalue weighted by Crippen LogP contribution is -2.14. The molecule has 0 aliphatic rings. The molecule has 0 saturated carbocycles. The molecule has 0 aliphatic carbocycles. The summed E-state index contributed by atoms with van der Waals surface area (Å²) in [5.41, 5.74) is 3.00. The SMILES string of the molecule is COc1ccc(C(=O)Nc2ccc3c(C)cc(C)nc3n2)c(OC)c1. The molecule has 1 aromatic carbocycles. The van der Waals surface area contributed by atoms with Crippen molar-refractivity contribution in [2.45, 2.75) is 13.8 Å². The fraction of sp³-hybridized carbons (Fsp3) is 0.211. The number of anilines is 1. The number of rotatable bonds is 4. The second kappa shape index (κ2) is 6.76. The number of carbonyl (C=O) groups excluding carboxylic acids is 1. The Bertz CT molecular complexity index is 954. The number of methoxy groups -OCH3 is 2. The number of amides is 1. The maximum absolute atomic E-state index is 12.6. The first-order chi connectivity index (χ1) is 12.0. The number of ether oxygens (including phenoxy) is 2. The second-order valence-corrected chi connectivity index (χ2v) is 5.67. The predicted molar refractivity (Wildman–Crippen MR) is 96.5 cm³/mol. The van der Waals surface area contributed by atoms with Crippen LogP contribution >= 0.6 is 0 Å². The first-order valence-corrected chi connectivity index (χ1v) is 7.80. The number of hydrogen-bond acceptors (Lipinski definition) is 5.